The first kappa shape index (κ1) is 14.1. The fourth-order valence-electron chi connectivity index (χ4n) is 1.82. The maximum Gasteiger partial charge on any atom is 0.191 e. The van der Waals surface area contributed by atoms with Gasteiger partial charge in [0.25, 0.3) is 0 Å². The summed E-state index contributed by atoms with van der Waals surface area (Å²) in [4.78, 5) is 4.17. The van der Waals surface area contributed by atoms with Gasteiger partial charge in [-0.05, 0) is 24.6 Å². The zero-order valence-corrected chi connectivity index (χ0v) is 12.0. The van der Waals surface area contributed by atoms with Crippen LogP contribution >= 0.6 is 0 Å². The van der Waals surface area contributed by atoms with E-state index in [1.807, 2.05) is 47.3 Å². The quantitative estimate of drug-likeness (QED) is 0.645. The molecule has 2 N–H and O–H groups in total. The van der Waals surface area contributed by atoms with E-state index >= 15 is 0 Å². The van der Waals surface area contributed by atoms with Crippen LogP contribution in [0.4, 0.5) is 0 Å². The van der Waals surface area contributed by atoms with Gasteiger partial charge in [-0.25, -0.2) is 4.68 Å². The molecule has 0 radical (unpaired) electrons. The Morgan fingerprint density at radius 3 is 2.70 bits per heavy atom. The molecule has 0 atom stereocenters. The van der Waals surface area contributed by atoms with Crippen LogP contribution in [0.2, 0.25) is 0 Å². The normalized spacial score (nSPS) is 11.4. The number of para-hydroxylation sites is 1. The smallest absolute Gasteiger partial charge is 0.191 e. The van der Waals surface area contributed by atoms with Gasteiger partial charge >= 0.3 is 0 Å². The molecule has 1 aromatic heterocycles. The van der Waals surface area contributed by atoms with Gasteiger partial charge in [-0.1, -0.05) is 25.1 Å². The Labute approximate surface area is 119 Å². The second-order valence-corrected chi connectivity index (χ2v) is 4.44. The highest BCUT2D eigenvalue weighted by molar-refractivity contribution is 5.79. The fraction of sp³-hybridized carbons (Fsp3) is 0.333. The average molecular weight is 271 g/mol. The van der Waals surface area contributed by atoms with Crippen molar-refractivity contribution in [2.45, 2.75) is 19.9 Å². The van der Waals surface area contributed by atoms with Gasteiger partial charge in [0, 0.05) is 19.8 Å². The Morgan fingerprint density at radius 1 is 1.20 bits per heavy atom. The fourth-order valence-corrected chi connectivity index (χ4v) is 1.82. The lowest BCUT2D eigenvalue weighted by Gasteiger charge is -2.09. The summed E-state index contributed by atoms with van der Waals surface area (Å²) in [6, 6.07) is 12.1. The van der Waals surface area contributed by atoms with Crippen LogP contribution in [0.1, 0.15) is 19.0 Å². The van der Waals surface area contributed by atoms with Crippen LogP contribution in [0.5, 0.6) is 0 Å². The molecular weight excluding hydrogens is 250 g/mol. The van der Waals surface area contributed by atoms with E-state index in [1.165, 1.54) is 0 Å². The van der Waals surface area contributed by atoms with Crippen molar-refractivity contribution in [2.24, 2.45) is 4.99 Å². The molecule has 0 aliphatic carbocycles. The first-order valence-electron chi connectivity index (χ1n) is 6.88. The van der Waals surface area contributed by atoms with Crippen LogP contribution in [0.15, 0.2) is 47.6 Å². The number of aliphatic imine (C=N–C) groups is 1. The number of rotatable bonds is 5. The Bertz CT molecular complexity index is 544. The number of hydrogen-bond acceptors (Lipinski definition) is 2. The van der Waals surface area contributed by atoms with Crippen molar-refractivity contribution in [3.8, 4) is 5.69 Å². The van der Waals surface area contributed by atoms with E-state index < -0.39 is 0 Å². The largest absolute Gasteiger partial charge is 0.356 e. The molecule has 0 amide bonds. The summed E-state index contributed by atoms with van der Waals surface area (Å²) in [5, 5.41) is 11.0. The predicted octanol–water partition coefficient (Wildman–Crippen LogP) is 1.95. The van der Waals surface area contributed by atoms with Crippen molar-refractivity contribution in [3.05, 3.63) is 48.3 Å². The molecule has 0 aliphatic rings. The molecule has 0 spiro atoms. The number of guanidine groups is 1. The van der Waals surface area contributed by atoms with Crippen LogP contribution in [0, 0.1) is 0 Å². The highest BCUT2D eigenvalue weighted by Gasteiger charge is 2.02. The van der Waals surface area contributed by atoms with Crippen LogP contribution in [-0.4, -0.2) is 29.3 Å². The Balaban J connectivity index is 1.93. The van der Waals surface area contributed by atoms with Gasteiger partial charge in [0.2, 0.25) is 0 Å². The number of aromatic nitrogens is 2. The molecule has 0 saturated carbocycles. The van der Waals surface area contributed by atoms with Crippen LogP contribution in [0.3, 0.4) is 0 Å². The van der Waals surface area contributed by atoms with Crippen LogP contribution in [-0.2, 0) is 6.54 Å². The lowest BCUT2D eigenvalue weighted by atomic mass is 10.3. The van der Waals surface area contributed by atoms with E-state index in [0.29, 0.717) is 6.54 Å². The third-order valence-electron chi connectivity index (χ3n) is 2.87. The van der Waals surface area contributed by atoms with E-state index in [4.69, 9.17) is 0 Å². The molecule has 2 rings (SSSR count). The number of nitrogens with zero attached hydrogens (tertiary/aromatic N) is 3. The summed E-state index contributed by atoms with van der Waals surface area (Å²) in [6.45, 7) is 3.70. The van der Waals surface area contributed by atoms with Crippen molar-refractivity contribution < 1.29 is 0 Å². The Morgan fingerprint density at radius 2 is 2.00 bits per heavy atom. The standard InChI is InChI=1S/C15H21N5/c1-3-10-17-15(16-2)18-12-13-9-11-20(19-13)14-7-5-4-6-8-14/h4-9,11H,3,10,12H2,1-2H3,(H2,16,17,18). The van der Waals surface area contributed by atoms with Gasteiger partial charge in [-0.3, -0.25) is 4.99 Å². The van der Waals surface area contributed by atoms with E-state index in [-0.39, 0.29) is 0 Å². The predicted molar refractivity (Wildman–Crippen MR) is 82.1 cm³/mol. The summed E-state index contributed by atoms with van der Waals surface area (Å²) in [7, 11) is 1.77. The summed E-state index contributed by atoms with van der Waals surface area (Å²) >= 11 is 0. The summed E-state index contributed by atoms with van der Waals surface area (Å²) < 4.78 is 1.87. The maximum atomic E-state index is 4.54. The van der Waals surface area contributed by atoms with Gasteiger partial charge in [-0.15, -0.1) is 0 Å². The van der Waals surface area contributed by atoms with E-state index in [9.17, 15) is 0 Å². The van der Waals surface area contributed by atoms with E-state index in [2.05, 4.69) is 27.6 Å². The van der Waals surface area contributed by atoms with Crippen molar-refractivity contribution in [1.29, 1.82) is 0 Å². The summed E-state index contributed by atoms with van der Waals surface area (Å²) in [5.41, 5.74) is 2.04. The minimum atomic E-state index is 0.656. The minimum Gasteiger partial charge on any atom is -0.356 e. The minimum absolute atomic E-state index is 0.656. The van der Waals surface area contributed by atoms with Crippen molar-refractivity contribution in [3.63, 3.8) is 0 Å². The van der Waals surface area contributed by atoms with Crippen LogP contribution in [0.25, 0.3) is 5.69 Å². The topological polar surface area (TPSA) is 54.2 Å². The number of hydrogen-bond donors (Lipinski definition) is 2. The molecular formula is C15H21N5. The molecule has 0 aliphatic heterocycles. The number of nitrogens with one attached hydrogen (secondary N) is 2. The van der Waals surface area contributed by atoms with E-state index in [0.717, 1.165) is 30.3 Å². The second kappa shape index (κ2) is 7.33. The highest BCUT2D eigenvalue weighted by Crippen LogP contribution is 2.06. The third kappa shape index (κ3) is 3.85. The molecule has 1 aromatic carbocycles. The molecule has 0 fully saturated rings. The average Bonchev–Trinajstić information content (AvgIpc) is 2.97. The summed E-state index contributed by atoms with van der Waals surface area (Å²) in [5.74, 6) is 0.807. The first-order valence-corrected chi connectivity index (χ1v) is 6.88. The lowest BCUT2D eigenvalue weighted by molar-refractivity contribution is 0.756. The molecule has 1 heterocycles. The molecule has 5 nitrogen and oxygen atoms in total. The van der Waals surface area contributed by atoms with Gasteiger partial charge < -0.3 is 10.6 Å². The number of benzene rings is 1. The zero-order chi connectivity index (χ0) is 14.2. The molecule has 0 bridgehead atoms. The Hall–Kier alpha value is -2.30. The van der Waals surface area contributed by atoms with Gasteiger partial charge in [0.15, 0.2) is 5.96 Å². The third-order valence-corrected chi connectivity index (χ3v) is 2.87. The molecule has 106 valence electrons. The zero-order valence-electron chi connectivity index (χ0n) is 12.0. The molecule has 5 heteroatoms. The Kier molecular flexibility index (Phi) is 5.17. The molecule has 0 saturated heterocycles. The summed E-state index contributed by atoms with van der Waals surface area (Å²) in [6.07, 6.45) is 3.04. The SMILES string of the molecule is CCCNC(=NC)NCc1ccn(-c2ccccc2)n1. The molecule has 0 unspecified atom stereocenters. The second-order valence-electron chi connectivity index (χ2n) is 4.44. The first-order chi connectivity index (χ1) is 9.83. The van der Waals surface area contributed by atoms with Gasteiger partial charge in [0.1, 0.15) is 0 Å². The van der Waals surface area contributed by atoms with Crippen molar-refractivity contribution in [2.75, 3.05) is 13.6 Å². The van der Waals surface area contributed by atoms with Gasteiger partial charge in [-0.2, -0.15) is 5.10 Å². The molecule has 20 heavy (non-hydrogen) atoms. The van der Waals surface area contributed by atoms with Crippen molar-refractivity contribution in [1.82, 2.24) is 20.4 Å². The molecule has 2 aromatic rings. The van der Waals surface area contributed by atoms with Crippen molar-refractivity contribution >= 4 is 5.96 Å². The lowest BCUT2D eigenvalue weighted by Crippen LogP contribution is -2.37. The van der Waals surface area contributed by atoms with Gasteiger partial charge in [0.05, 0.1) is 17.9 Å². The van der Waals surface area contributed by atoms with E-state index in [1.54, 1.807) is 7.05 Å². The maximum absolute atomic E-state index is 4.54. The van der Waals surface area contributed by atoms with Crippen LogP contribution < -0.4 is 10.6 Å². The highest BCUT2D eigenvalue weighted by atomic mass is 15.3. The monoisotopic (exact) mass is 271 g/mol.